The second-order valence-corrected chi connectivity index (χ2v) is 16.4. The number of aromatic carboxylic acids is 1. The van der Waals surface area contributed by atoms with Crippen molar-refractivity contribution in [3.63, 3.8) is 0 Å². The summed E-state index contributed by atoms with van der Waals surface area (Å²) in [5.41, 5.74) is 10.6. The van der Waals surface area contributed by atoms with Crippen molar-refractivity contribution >= 4 is 62.6 Å². The lowest BCUT2D eigenvalue weighted by molar-refractivity contribution is 0.0342. The number of rotatable bonds is 10. The Labute approximate surface area is 342 Å². The van der Waals surface area contributed by atoms with Gasteiger partial charge in [-0.05, 0) is 100 Å². The largest absolute Gasteiger partial charge is 0.494 e. The van der Waals surface area contributed by atoms with Gasteiger partial charge in [0.1, 0.15) is 11.4 Å². The van der Waals surface area contributed by atoms with E-state index in [2.05, 4.69) is 22.5 Å². The molecule has 6 aromatic rings. The number of aryl methyl sites for hydroxylation is 6. The lowest BCUT2D eigenvalue weighted by Crippen LogP contribution is -2.43. The van der Waals surface area contributed by atoms with E-state index in [1.165, 1.54) is 0 Å². The standard InChI is InChI=1S/C44H48Cl2N6O5/c1-24-17-30(18-25(2)39(24)46)57-14-8-9-31-32-10-11-35(45)38(37-27(4)47-49(7)28(37)5)41(32)52-26(3)21-51(43(53)42(31)52)36-20-29(22-50-12-15-56-16-13-50)19-33-34(44(54)55)23-48(6)40(33)36/h10-11,17-20,23,26H,8-9,12-16,21-22H2,1-7H3,(H,54,55). The first-order valence-corrected chi connectivity index (χ1v) is 20.2. The summed E-state index contributed by atoms with van der Waals surface area (Å²) in [4.78, 5) is 32.2. The monoisotopic (exact) mass is 810 g/mol. The van der Waals surface area contributed by atoms with Crippen LogP contribution in [0, 0.1) is 27.7 Å². The van der Waals surface area contributed by atoms with Crippen LogP contribution in [0.2, 0.25) is 10.0 Å². The first kappa shape index (κ1) is 39.0. The maximum Gasteiger partial charge on any atom is 0.337 e. The smallest absolute Gasteiger partial charge is 0.337 e. The molecule has 1 N–H and O–H groups in total. The molecular weight excluding hydrogens is 763 g/mol. The molecule has 0 spiro atoms. The first-order chi connectivity index (χ1) is 27.2. The highest BCUT2D eigenvalue weighted by Gasteiger charge is 2.38. The SMILES string of the molecule is Cc1cc(OCCCc2c3n(c4c(-c5c(C)nn(C)c5C)c(Cl)ccc24)C(C)CN(c2cc(CN4CCOCC4)cc4c(C(=O)O)cn(C)c24)C3=O)cc(C)c1Cl. The number of carboxylic acids is 1. The van der Waals surface area contributed by atoms with Gasteiger partial charge in [0.05, 0.1) is 52.8 Å². The minimum absolute atomic E-state index is 0.145. The summed E-state index contributed by atoms with van der Waals surface area (Å²) in [6.45, 7) is 14.4. The van der Waals surface area contributed by atoms with Crippen molar-refractivity contribution in [3.8, 4) is 16.9 Å². The minimum Gasteiger partial charge on any atom is -0.494 e. The maximum atomic E-state index is 15.4. The Balaban J connectivity index is 1.28. The van der Waals surface area contributed by atoms with E-state index in [-0.39, 0.29) is 17.5 Å². The Morgan fingerprint density at radius 2 is 1.70 bits per heavy atom. The summed E-state index contributed by atoms with van der Waals surface area (Å²) in [5.74, 6) is -0.393. The molecule has 5 heterocycles. The Bertz CT molecular complexity index is 2570. The van der Waals surface area contributed by atoms with Gasteiger partial charge in [0.25, 0.3) is 5.91 Å². The first-order valence-electron chi connectivity index (χ1n) is 19.5. The number of fused-ring (bicyclic) bond motifs is 4. The number of aromatic nitrogens is 4. The molecule has 8 rings (SSSR count). The zero-order valence-electron chi connectivity index (χ0n) is 33.5. The molecular formula is C44H48Cl2N6O5. The Morgan fingerprint density at radius 3 is 2.37 bits per heavy atom. The number of nitrogens with zero attached hydrogens (tertiary/aromatic N) is 6. The van der Waals surface area contributed by atoms with Gasteiger partial charge in [-0.1, -0.05) is 29.3 Å². The number of ether oxygens (including phenoxy) is 2. The van der Waals surface area contributed by atoms with E-state index in [9.17, 15) is 9.90 Å². The molecule has 1 atom stereocenters. The number of hydrogen-bond acceptors (Lipinski definition) is 6. The van der Waals surface area contributed by atoms with Gasteiger partial charge in [-0.15, -0.1) is 0 Å². The van der Waals surface area contributed by atoms with E-state index in [0.29, 0.717) is 73.1 Å². The van der Waals surface area contributed by atoms with Crippen LogP contribution in [0.1, 0.15) is 73.9 Å². The molecule has 1 unspecified atom stereocenters. The molecule has 0 radical (unpaired) electrons. The Kier molecular flexibility index (Phi) is 10.4. The molecule has 2 aliphatic heterocycles. The highest BCUT2D eigenvalue weighted by molar-refractivity contribution is 6.35. The van der Waals surface area contributed by atoms with Gasteiger partial charge in [0.2, 0.25) is 0 Å². The minimum atomic E-state index is -1.01. The maximum absolute atomic E-state index is 15.4. The molecule has 2 aliphatic rings. The van der Waals surface area contributed by atoms with Gasteiger partial charge in [-0.2, -0.15) is 5.10 Å². The third-order valence-electron chi connectivity index (χ3n) is 11.7. The number of benzene rings is 3. The molecule has 11 nitrogen and oxygen atoms in total. The molecule has 1 saturated heterocycles. The normalized spacial score (nSPS) is 16.3. The van der Waals surface area contributed by atoms with E-state index in [1.54, 1.807) is 6.20 Å². The van der Waals surface area contributed by atoms with Crippen LogP contribution in [-0.2, 0) is 31.8 Å². The molecule has 13 heteroatoms. The number of anilines is 1. The third kappa shape index (κ3) is 6.78. The van der Waals surface area contributed by atoms with Crippen molar-refractivity contribution in [2.24, 2.45) is 14.1 Å². The predicted octanol–water partition coefficient (Wildman–Crippen LogP) is 8.84. The molecule has 57 heavy (non-hydrogen) atoms. The van der Waals surface area contributed by atoms with Crippen LogP contribution in [0.5, 0.6) is 5.75 Å². The van der Waals surface area contributed by atoms with Crippen molar-refractivity contribution in [3.05, 3.63) is 97.5 Å². The van der Waals surface area contributed by atoms with E-state index in [0.717, 1.165) is 79.5 Å². The van der Waals surface area contributed by atoms with Crippen LogP contribution in [0.3, 0.4) is 0 Å². The third-order valence-corrected chi connectivity index (χ3v) is 12.6. The summed E-state index contributed by atoms with van der Waals surface area (Å²) in [6, 6.07) is 11.7. The topological polar surface area (TPSA) is 107 Å². The van der Waals surface area contributed by atoms with Crippen LogP contribution < -0.4 is 9.64 Å². The summed E-state index contributed by atoms with van der Waals surface area (Å²) in [6.07, 6.45) is 2.87. The van der Waals surface area contributed by atoms with Gasteiger partial charge in [0, 0.05) is 85.1 Å². The van der Waals surface area contributed by atoms with Gasteiger partial charge in [-0.3, -0.25) is 14.4 Å². The highest BCUT2D eigenvalue weighted by atomic mass is 35.5. The summed E-state index contributed by atoms with van der Waals surface area (Å²) in [5, 5.41) is 17.9. The number of amides is 1. The highest BCUT2D eigenvalue weighted by Crippen LogP contribution is 2.46. The number of carbonyl (C=O) groups excluding carboxylic acids is 1. The molecule has 0 bridgehead atoms. The zero-order chi connectivity index (χ0) is 40.4. The van der Waals surface area contributed by atoms with Gasteiger partial charge < -0.3 is 28.6 Å². The lowest BCUT2D eigenvalue weighted by atomic mass is 9.98. The lowest BCUT2D eigenvalue weighted by Gasteiger charge is -2.35. The van der Waals surface area contributed by atoms with E-state index >= 15 is 4.79 Å². The fourth-order valence-corrected chi connectivity index (χ4v) is 9.36. The number of carboxylic acid groups (broad SMARTS) is 1. The number of halogens is 2. The van der Waals surface area contributed by atoms with Crippen LogP contribution in [0.15, 0.2) is 42.6 Å². The Morgan fingerprint density at radius 1 is 0.982 bits per heavy atom. The quantitative estimate of drug-likeness (QED) is 0.138. The summed E-state index contributed by atoms with van der Waals surface area (Å²) in [7, 11) is 3.77. The second kappa shape index (κ2) is 15.2. The van der Waals surface area contributed by atoms with Gasteiger partial charge in [-0.25, -0.2) is 4.79 Å². The number of hydrogen-bond donors (Lipinski definition) is 1. The van der Waals surface area contributed by atoms with Crippen molar-refractivity contribution in [1.29, 1.82) is 0 Å². The summed E-state index contributed by atoms with van der Waals surface area (Å²) >= 11 is 13.6. The fourth-order valence-electron chi connectivity index (χ4n) is 9.00. The number of carbonyl (C=O) groups is 2. The van der Waals surface area contributed by atoms with Crippen LogP contribution in [0.25, 0.3) is 32.9 Å². The second-order valence-electron chi connectivity index (χ2n) is 15.6. The molecule has 3 aromatic carbocycles. The molecule has 1 amide bonds. The van der Waals surface area contributed by atoms with Gasteiger partial charge >= 0.3 is 5.97 Å². The van der Waals surface area contributed by atoms with E-state index < -0.39 is 5.97 Å². The zero-order valence-corrected chi connectivity index (χ0v) is 35.0. The van der Waals surface area contributed by atoms with Crippen molar-refractivity contribution in [2.45, 2.75) is 60.0 Å². The fraction of sp³-hybridized carbons (Fsp3) is 0.386. The van der Waals surface area contributed by atoms with Crippen LogP contribution in [-0.4, -0.2) is 80.3 Å². The average Bonchev–Trinajstić information content (AvgIpc) is 3.78. The number of morpholine rings is 1. The van der Waals surface area contributed by atoms with Crippen LogP contribution in [0.4, 0.5) is 5.69 Å². The summed E-state index contributed by atoms with van der Waals surface area (Å²) < 4.78 is 17.8. The Hall–Kier alpha value is -4.81. The van der Waals surface area contributed by atoms with Crippen LogP contribution >= 0.6 is 23.2 Å². The molecule has 0 aliphatic carbocycles. The average molecular weight is 812 g/mol. The molecule has 298 valence electrons. The molecule has 3 aromatic heterocycles. The van der Waals surface area contributed by atoms with Crippen molar-refractivity contribution < 1.29 is 24.2 Å². The van der Waals surface area contributed by atoms with Crippen molar-refractivity contribution in [2.75, 3.05) is 44.4 Å². The molecule has 0 saturated carbocycles. The van der Waals surface area contributed by atoms with Crippen molar-refractivity contribution in [1.82, 2.24) is 23.8 Å². The van der Waals surface area contributed by atoms with E-state index in [4.69, 9.17) is 37.8 Å². The predicted molar refractivity (Wildman–Crippen MR) is 226 cm³/mol. The molecule has 1 fully saturated rings. The van der Waals surface area contributed by atoms with E-state index in [1.807, 2.05) is 86.3 Å². The van der Waals surface area contributed by atoms with Gasteiger partial charge in [0.15, 0.2) is 0 Å².